The zero-order valence-electron chi connectivity index (χ0n) is 20.1. The number of alkyl halides is 1. The summed E-state index contributed by atoms with van der Waals surface area (Å²) in [5, 5.41) is 22.8. The lowest BCUT2D eigenvalue weighted by molar-refractivity contribution is -0.383. The Kier molecular flexibility index (Phi) is 11.2. The standard InChI is InChI=1S/C12H12N2O4.C8H6N2O2.C4H7BrO2/c1-2-18-12(15)8-13-7-6-9-10(13)4-3-5-11(9)14(16)17;11-10(12)8-3-1-2-7-6(8)4-5-9-7;1-2-7-4(6)3-5/h3-7H,2,8H2,1H3;1-5,9H;2-3H2,1H3. The van der Waals surface area contributed by atoms with Crippen molar-refractivity contribution in [1.29, 1.82) is 0 Å². The summed E-state index contributed by atoms with van der Waals surface area (Å²) in [4.78, 5) is 45.0. The van der Waals surface area contributed by atoms with Crippen LogP contribution >= 0.6 is 15.9 Å². The molecule has 2 aromatic carbocycles. The first-order valence-corrected chi connectivity index (χ1v) is 12.2. The van der Waals surface area contributed by atoms with Gasteiger partial charge in [0.2, 0.25) is 0 Å². The molecule has 12 nitrogen and oxygen atoms in total. The monoisotopic (exact) mass is 576 g/mol. The van der Waals surface area contributed by atoms with E-state index in [-0.39, 0.29) is 34.8 Å². The highest BCUT2D eigenvalue weighted by Crippen LogP contribution is 2.26. The molecule has 0 aliphatic carbocycles. The van der Waals surface area contributed by atoms with Crippen molar-refractivity contribution in [2.24, 2.45) is 0 Å². The van der Waals surface area contributed by atoms with Gasteiger partial charge in [0.1, 0.15) is 11.9 Å². The summed E-state index contributed by atoms with van der Waals surface area (Å²) >= 11 is 2.94. The number of carbonyl (C=O) groups excluding carboxylic acids is 2. The fraction of sp³-hybridized carbons (Fsp3) is 0.250. The molecule has 0 bridgehead atoms. The second-order valence-corrected chi connectivity index (χ2v) is 7.69. The second-order valence-electron chi connectivity index (χ2n) is 7.13. The van der Waals surface area contributed by atoms with Crippen LogP contribution in [0.3, 0.4) is 0 Å². The van der Waals surface area contributed by atoms with Crippen molar-refractivity contribution in [3.63, 3.8) is 0 Å². The molecular weight excluding hydrogens is 552 g/mol. The first-order chi connectivity index (χ1) is 17.7. The lowest BCUT2D eigenvalue weighted by atomic mass is 10.2. The Morgan fingerprint density at radius 3 is 2.05 bits per heavy atom. The van der Waals surface area contributed by atoms with Crippen molar-refractivity contribution in [2.45, 2.75) is 20.4 Å². The van der Waals surface area contributed by atoms with E-state index >= 15 is 0 Å². The molecule has 2 aromatic heterocycles. The number of H-pyrrole nitrogens is 1. The molecule has 1 N–H and O–H groups in total. The van der Waals surface area contributed by atoms with Gasteiger partial charge >= 0.3 is 11.9 Å². The van der Waals surface area contributed by atoms with E-state index in [4.69, 9.17) is 4.74 Å². The Balaban J connectivity index is 0.000000218. The molecule has 0 amide bonds. The molecule has 196 valence electrons. The Morgan fingerprint density at radius 1 is 0.892 bits per heavy atom. The maximum Gasteiger partial charge on any atom is 0.325 e. The van der Waals surface area contributed by atoms with Crippen molar-refractivity contribution in [2.75, 3.05) is 18.5 Å². The first kappa shape index (κ1) is 29.0. The van der Waals surface area contributed by atoms with E-state index < -0.39 is 4.92 Å². The number of non-ortho nitro benzene ring substituents is 2. The molecule has 0 spiro atoms. The lowest BCUT2D eigenvalue weighted by Gasteiger charge is -2.04. The number of fused-ring (bicyclic) bond motifs is 2. The zero-order valence-corrected chi connectivity index (χ0v) is 21.7. The third kappa shape index (κ3) is 8.14. The SMILES string of the molecule is CCOC(=O)CBr.CCOC(=O)Cn1ccc2c([N+](=O)[O-])cccc21.O=[N+]([O-])c1cccc2[nH]ccc12. The molecule has 4 aromatic rings. The quantitative estimate of drug-likeness (QED) is 0.137. The van der Waals surface area contributed by atoms with Crippen LogP contribution in [0.5, 0.6) is 0 Å². The number of nitro groups is 2. The summed E-state index contributed by atoms with van der Waals surface area (Å²) in [6.45, 7) is 4.35. The number of carbonyl (C=O) groups is 2. The van der Waals surface area contributed by atoms with Gasteiger partial charge in [0.25, 0.3) is 11.4 Å². The summed E-state index contributed by atoms with van der Waals surface area (Å²) < 4.78 is 11.0. The van der Waals surface area contributed by atoms with Gasteiger partial charge in [-0.3, -0.25) is 29.8 Å². The molecule has 0 saturated carbocycles. The van der Waals surface area contributed by atoms with E-state index in [1.54, 1.807) is 61.1 Å². The second kappa shape index (κ2) is 14.3. The number of esters is 2. The maximum atomic E-state index is 11.4. The smallest absolute Gasteiger partial charge is 0.325 e. The van der Waals surface area contributed by atoms with Gasteiger partial charge in [0.15, 0.2) is 0 Å². The van der Waals surface area contributed by atoms with Crippen LogP contribution in [0.15, 0.2) is 60.9 Å². The van der Waals surface area contributed by atoms with Crippen LogP contribution in [0.4, 0.5) is 11.4 Å². The summed E-state index contributed by atoms with van der Waals surface area (Å²) in [6.07, 6.45) is 3.34. The van der Waals surface area contributed by atoms with Crippen molar-refractivity contribution >= 4 is 61.0 Å². The number of ether oxygens (including phenoxy) is 2. The number of benzene rings is 2. The Bertz CT molecular complexity index is 1380. The zero-order chi connectivity index (χ0) is 27.4. The lowest BCUT2D eigenvalue weighted by Crippen LogP contribution is -2.12. The molecule has 13 heteroatoms. The summed E-state index contributed by atoms with van der Waals surface area (Å²) in [6, 6.07) is 13.1. The molecule has 0 aliphatic heterocycles. The molecule has 4 rings (SSSR count). The minimum absolute atomic E-state index is 0.0371. The topological polar surface area (TPSA) is 160 Å². The number of nitro benzene ring substituents is 2. The summed E-state index contributed by atoms with van der Waals surface area (Å²) in [5.41, 5.74) is 1.63. The van der Waals surface area contributed by atoms with Crippen LogP contribution in [0.1, 0.15) is 13.8 Å². The highest BCUT2D eigenvalue weighted by molar-refractivity contribution is 9.09. The van der Waals surface area contributed by atoms with Gasteiger partial charge < -0.3 is 19.0 Å². The number of hydrogen-bond acceptors (Lipinski definition) is 8. The molecule has 0 atom stereocenters. The fourth-order valence-electron chi connectivity index (χ4n) is 3.28. The Hall–Kier alpha value is -4.26. The average Bonchev–Trinajstić information content (AvgIpc) is 3.52. The molecule has 0 unspecified atom stereocenters. The molecule has 0 fully saturated rings. The van der Waals surface area contributed by atoms with Gasteiger partial charge in [0, 0.05) is 24.5 Å². The maximum absolute atomic E-state index is 11.4. The average molecular weight is 577 g/mol. The van der Waals surface area contributed by atoms with Crippen molar-refractivity contribution < 1.29 is 28.9 Å². The first-order valence-electron chi connectivity index (χ1n) is 11.0. The van der Waals surface area contributed by atoms with E-state index in [1.807, 2.05) is 6.07 Å². The van der Waals surface area contributed by atoms with Crippen molar-refractivity contribution in [3.05, 3.63) is 81.2 Å². The largest absolute Gasteiger partial charge is 0.465 e. The number of aromatic nitrogens is 2. The van der Waals surface area contributed by atoms with Gasteiger partial charge in [-0.25, -0.2) is 0 Å². The van der Waals surface area contributed by atoms with E-state index in [0.717, 1.165) is 5.52 Å². The van der Waals surface area contributed by atoms with E-state index in [9.17, 15) is 29.8 Å². The third-order valence-electron chi connectivity index (χ3n) is 4.78. The van der Waals surface area contributed by atoms with E-state index in [2.05, 4.69) is 25.7 Å². The third-order valence-corrected chi connectivity index (χ3v) is 5.23. The Labute approximate surface area is 219 Å². The van der Waals surface area contributed by atoms with E-state index in [0.29, 0.717) is 34.8 Å². The molecule has 0 radical (unpaired) electrons. The summed E-state index contributed by atoms with van der Waals surface area (Å²) in [5.74, 6) is -0.566. The molecule has 0 aliphatic rings. The highest BCUT2D eigenvalue weighted by atomic mass is 79.9. The van der Waals surface area contributed by atoms with Gasteiger partial charge in [-0.15, -0.1) is 0 Å². The Morgan fingerprint density at radius 2 is 1.49 bits per heavy atom. The number of nitrogens with one attached hydrogen (secondary N) is 1. The van der Waals surface area contributed by atoms with Gasteiger partial charge in [-0.05, 0) is 38.1 Å². The van der Waals surface area contributed by atoms with Gasteiger partial charge in [-0.2, -0.15) is 0 Å². The number of rotatable bonds is 7. The normalized spacial score (nSPS) is 10.0. The van der Waals surface area contributed by atoms with Gasteiger partial charge in [0.05, 0.1) is 44.9 Å². The van der Waals surface area contributed by atoms with Crippen LogP contribution < -0.4 is 0 Å². The van der Waals surface area contributed by atoms with Crippen molar-refractivity contribution in [3.8, 4) is 0 Å². The van der Waals surface area contributed by atoms with Crippen molar-refractivity contribution in [1.82, 2.24) is 9.55 Å². The van der Waals surface area contributed by atoms with Crippen LogP contribution in [-0.4, -0.2) is 49.9 Å². The van der Waals surface area contributed by atoms with E-state index in [1.165, 1.54) is 12.1 Å². The van der Waals surface area contributed by atoms with Crippen LogP contribution in [0.2, 0.25) is 0 Å². The number of aromatic amines is 1. The fourth-order valence-corrected chi connectivity index (χ4v) is 3.44. The minimum atomic E-state index is -0.433. The summed E-state index contributed by atoms with van der Waals surface area (Å²) in [7, 11) is 0. The molecule has 2 heterocycles. The highest BCUT2D eigenvalue weighted by Gasteiger charge is 2.15. The number of halogens is 1. The number of nitrogens with zero attached hydrogens (tertiary/aromatic N) is 3. The van der Waals surface area contributed by atoms with Crippen LogP contribution in [0.25, 0.3) is 21.8 Å². The predicted molar refractivity (Wildman–Crippen MR) is 141 cm³/mol. The predicted octanol–water partition coefficient (Wildman–Crippen LogP) is 5.13. The van der Waals surface area contributed by atoms with Crippen LogP contribution in [0, 0.1) is 20.2 Å². The van der Waals surface area contributed by atoms with Crippen LogP contribution in [-0.2, 0) is 25.6 Å². The molecule has 37 heavy (non-hydrogen) atoms. The van der Waals surface area contributed by atoms with Gasteiger partial charge in [-0.1, -0.05) is 28.1 Å². The minimum Gasteiger partial charge on any atom is -0.465 e. The molecular formula is C24H25BrN4O8. The number of hydrogen-bond donors (Lipinski definition) is 1. The molecule has 0 saturated heterocycles.